The Hall–Kier alpha value is -0.650. The van der Waals surface area contributed by atoms with Crippen LogP contribution in [0.4, 0.5) is 4.39 Å². The molecule has 104 valence electrons. The van der Waals surface area contributed by atoms with E-state index in [1.54, 1.807) is 4.90 Å². The Morgan fingerprint density at radius 1 is 1.63 bits per heavy atom. The maximum absolute atomic E-state index is 13.7. The monoisotopic (exact) mass is 349 g/mol. The van der Waals surface area contributed by atoms with Crippen molar-refractivity contribution in [2.45, 2.75) is 19.1 Å². The number of benzene rings is 1. The average molecular weight is 351 g/mol. The van der Waals surface area contributed by atoms with E-state index in [0.717, 1.165) is 0 Å². The van der Waals surface area contributed by atoms with Gasteiger partial charge in [-0.05, 0) is 25.1 Å². The largest absolute Gasteiger partial charge is 0.373 e. The van der Waals surface area contributed by atoms with Gasteiger partial charge in [-0.3, -0.25) is 4.79 Å². The Labute approximate surface area is 124 Å². The summed E-state index contributed by atoms with van der Waals surface area (Å²) in [5.41, 5.74) is 0.00886. The predicted molar refractivity (Wildman–Crippen MR) is 75.4 cm³/mol. The van der Waals surface area contributed by atoms with Crippen molar-refractivity contribution >= 4 is 33.4 Å². The van der Waals surface area contributed by atoms with Crippen molar-refractivity contribution in [3.8, 4) is 0 Å². The fraction of sp³-hybridized carbons (Fsp3) is 0.462. The van der Waals surface area contributed by atoms with E-state index in [1.807, 2.05) is 6.92 Å². The molecular weight excluding hydrogens is 337 g/mol. The lowest BCUT2D eigenvalue weighted by Gasteiger charge is -2.37. The molecule has 0 aliphatic carbocycles. The number of ether oxygens (including phenoxy) is 1. The first-order chi connectivity index (χ1) is 9.02. The van der Waals surface area contributed by atoms with Crippen LogP contribution in [0.15, 0.2) is 18.2 Å². The second-order valence-electron chi connectivity index (χ2n) is 4.54. The lowest BCUT2D eigenvalue weighted by Crippen LogP contribution is -2.51. The van der Waals surface area contributed by atoms with Gasteiger partial charge in [0, 0.05) is 16.9 Å². The lowest BCUT2D eigenvalue weighted by atomic mass is 10.1. The number of hydrogen-bond acceptors (Lipinski definition) is 2. The first kappa shape index (κ1) is 14.8. The number of morpholine rings is 1. The van der Waals surface area contributed by atoms with E-state index in [0.29, 0.717) is 23.5 Å². The highest BCUT2D eigenvalue weighted by molar-refractivity contribution is 9.09. The van der Waals surface area contributed by atoms with E-state index in [4.69, 9.17) is 16.3 Å². The third kappa shape index (κ3) is 3.27. The summed E-state index contributed by atoms with van der Waals surface area (Å²) in [5, 5.41) is 0.990. The Morgan fingerprint density at radius 2 is 2.37 bits per heavy atom. The molecule has 0 N–H and O–H groups in total. The van der Waals surface area contributed by atoms with Crippen molar-refractivity contribution in [3.63, 3.8) is 0 Å². The predicted octanol–water partition coefficient (Wildman–Crippen LogP) is 3.10. The molecule has 1 saturated heterocycles. The minimum atomic E-state index is -0.552. The highest BCUT2D eigenvalue weighted by Gasteiger charge is 2.30. The Kier molecular flexibility index (Phi) is 4.81. The van der Waals surface area contributed by atoms with Gasteiger partial charge >= 0.3 is 0 Å². The van der Waals surface area contributed by atoms with Crippen molar-refractivity contribution in [2.24, 2.45) is 0 Å². The molecule has 0 radical (unpaired) electrons. The maximum Gasteiger partial charge on any atom is 0.257 e. The number of carbonyl (C=O) groups excluding carboxylic acids is 1. The van der Waals surface area contributed by atoms with Crippen LogP contribution in [0.25, 0.3) is 0 Å². The molecule has 1 fully saturated rings. The molecule has 2 rings (SSSR count). The summed E-state index contributed by atoms with van der Waals surface area (Å²) in [5.74, 6) is -0.898. The van der Waals surface area contributed by atoms with E-state index in [1.165, 1.54) is 18.2 Å². The van der Waals surface area contributed by atoms with Gasteiger partial charge in [-0.2, -0.15) is 0 Å². The number of alkyl halides is 1. The van der Waals surface area contributed by atoms with E-state index in [2.05, 4.69) is 15.9 Å². The van der Waals surface area contributed by atoms with Crippen molar-refractivity contribution in [1.29, 1.82) is 0 Å². The molecule has 1 aromatic rings. The number of hydrogen-bond donors (Lipinski definition) is 0. The van der Waals surface area contributed by atoms with Crippen LogP contribution in [0.2, 0.25) is 5.02 Å². The molecule has 1 aliphatic rings. The quantitative estimate of drug-likeness (QED) is 0.767. The summed E-state index contributed by atoms with van der Waals surface area (Å²) < 4.78 is 19.3. The zero-order valence-corrected chi connectivity index (χ0v) is 12.7. The van der Waals surface area contributed by atoms with Crippen LogP contribution in [0.1, 0.15) is 17.3 Å². The Balaban J connectivity index is 2.24. The molecule has 3 nitrogen and oxygen atoms in total. The standard InChI is InChI=1S/C13H14BrClFNO2/c1-8-7-19-10(5-14)6-17(8)13(18)11-4-9(15)2-3-12(11)16/h2-4,8,10H,5-7H2,1H3. The zero-order chi connectivity index (χ0) is 14.0. The molecule has 1 amide bonds. The van der Waals surface area contributed by atoms with Crippen molar-refractivity contribution in [1.82, 2.24) is 4.90 Å². The van der Waals surface area contributed by atoms with E-state index < -0.39 is 5.82 Å². The summed E-state index contributed by atoms with van der Waals surface area (Å²) in [7, 11) is 0. The SMILES string of the molecule is CC1COC(CBr)CN1C(=O)c1cc(Cl)ccc1F. The zero-order valence-electron chi connectivity index (χ0n) is 10.4. The van der Waals surface area contributed by atoms with Crippen LogP contribution in [0.3, 0.4) is 0 Å². The number of carbonyl (C=O) groups is 1. The maximum atomic E-state index is 13.7. The Bertz CT molecular complexity index is 486. The van der Waals surface area contributed by atoms with Crippen molar-refractivity contribution < 1.29 is 13.9 Å². The van der Waals surface area contributed by atoms with Gasteiger partial charge in [-0.25, -0.2) is 4.39 Å². The summed E-state index contributed by atoms with van der Waals surface area (Å²) in [4.78, 5) is 14.0. The minimum absolute atomic E-state index is 0.00886. The highest BCUT2D eigenvalue weighted by Crippen LogP contribution is 2.21. The third-order valence-electron chi connectivity index (χ3n) is 3.10. The van der Waals surface area contributed by atoms with Gasteiger partial charge < -0.3 is 9.64 Å². The van der Waals surface area contributed by atoms with E-state index in [-0.39, 0.29) is 23.6 Å². The molecule has 1 heterocycles. The molecule has 1 aromatic carbocycles. The fourth-order valence-corrected chi connectivity index (χ4v) is 2.57. The molecule has 2 atom stereocenters. The molecule has 1 aliphatic heterocycles. The molecule has 6 heteroatoms. The van der Waals surface area contributed by atoms with Crippen LogP contribution < -0.4 is 0 Å². The first-order valence-electron chi connectivity index (χ1n) is 5.96. The third-order valence-corrected chi connectivity index (χ3v) is 4.05. The summed E-state index contributed by atoms with van der Waals surface area (Å²) in [6.45, 7) is 2.77. The number of halogens is 3. The molecule has 19 heavy (non-hydrogen) atoms. The average Bonchev–Trinajstić information content (AvgIpc) is 2.41. The molecule has 0 aromatic heterocycles. The molecular formula is C13H14BrClFNO2. The lowest BCUT2D eigenvalue weighted by molar-refractivity contribution is -0.0363. The van der Waals surface area contributed by atoms with Crippen LogP contribution in [0, 0.1) is 5.82 Å². The number of amides is 1. The van der Waals surface area contributed by atoms with Gasteiger partial charge in [0.1, 0.15) is 5.82 Å². The smallest absolute Gasteiger partial charge is 0.257 e. The Morgan fingerprint density at radius 3 is 3.05 bits per heavy atom. The summed E-state index contributed by atoms with van der Waals surface area (Å²) >= 11 is 9.15. The second kappa shape index (κ2) is 6.20. The van der Waals surface area contributed by atoms with Gasteiger partial charge in [0.05, 0.1) is 24.3 Å². The number of nitrogens with zero attached hydrogens (tertiary/aromatic N) is 1. The van der Waals surface area contributed by atoms with Gasteiger partial charge in [-0.1, -0.05) is 27.5 Å². The first-order valence-corrected chi connectivity index (χ1v) is 7.46. The van der Waals surface area contributed by atoms with E-state index in [9.17, 15) is 9.18 Å². The van der Waals surface area contributed by atoms with Crippen LogP contribution in [0.5, 0.6) is 0 Å². The van der Waals surface area contributed by atoms with Crippen LogP contribution >= 0.6 is 27.5 Å². The van der Waals surface area contributed by atoms with Crippen LogP contribution in [-0.4, -0.2) is 41.4 Å². The van der Waals surface area contributed by atoms with Crippen LogP contribution in [-0.2, 0) is 4.74 Å². The molecule has 2 unspecified atom stereocenters. The number of rotatable bonds is 2. The summed E-state index contributed by atoms with van der Waals surface area (Å²) in [6, 6.07) is 3.92. The van der Waals surface area contributed by atoms with Gasteiger partial charge in [0.2, 0.25) is 0 Å². The molecule has 0 bridgehead atoms. The van der Waals surface area contributed by atoms with Gasteiger partial charge in [0.15, 0.2) is 0 Å². The normalized spacial score (nSPS) is 23.5. The topological polar surface area (TPSA) is 29.5 Å². The molecule has 0 saturated carbocycles. The fourth-order valence-electron chi connectivity index (χ4n) is 2.01. The highest BCUT2D eigenvalue weighted by atomic mass is 79.9. The summed E-state index contributed by atoms with van der Waals surface area (Å²) in [6.07, 6.45) is -0.0672. The van der Waals surface area contributed by atoms with Crippen molar-refractivity contribution in [2.75, 3.05) is 18.5 Å². The minimum Gasteiger partial charge on any atom is -0.373 e. The molecule has 0 spiro atoms. The van der Waals surface area contributed by atoms with Gasteiger partial charge in [0.25, 0.3) is 5.91 Å². The second-order valence-corrected chi connectivity index (χ2v) is 5.62. The van der Waals surface area contributed by atoms with Gasteiger partial charge in [-0.15, -0.1) is 0 Å². The van der Waals surface area contributed by atoms with Crippen molar-refractivity contribution in [3.05, 3.63) is 34.6 Å². The van der Waals surface area contributed by atoms with E-state index >= 15 is 0 Å².